The van der Waals surface area contributed by atoms with E-state index < -0.39 is 11.9 Å². The molecule has 4 nitrogen and oxygen atoms in total. The molecule has 18 heavy (non-hydrogen) atoms. The van der Waals surface area contributed by atoms with E-state index in [1.807, 2.05) is 0 Å². The Morgan fingerprint density at radius 1 is 1.50 bits per heavy atom. The number of aliphatic hydroxyl groups excluding tert-OH is 1. The van der Waals surface area contributed by atoms with Gasteiger partial charge in [-0.15, -0.1) is 0 Å². The van der Waals surface area contributed by atoms with Crippen LogP contribution in [0.2, 0.25) is 0 Å². The molecular weight excluding hydrogens is 303 g/mol. The number of hydrogen-bond donors (Lipinski definition) is 2. The molecule has 1 fully saturated rings. The van der Waals surface area contributed by atoms with E-state index in [1.165, 1.54) is 17.0 Å². The van der Waals surface area contributed by atoms with Crippen LogP contribution in [0, 0.1) is 5.82 Å². The second-order valence-corrected chi connectivity index (χ2v) is 5.28. The van der Waals surface area contributed by atoms with Gasteiger partial charge in [0.25, 0.3) is 5.91 Å². The summed E-state index contributed by atoms with van der Waals surface area (Å²) in [5.74, 6) is -0.769. The average Bonchev–Trinajstić information content (AvgIpc) is 2.72. The molecule has 1 aliphatic heterocycles. The standard InChI is InChI=1S/C12H14BrFN2O2/c1-16(10-5-15-6-11(10)17)12(18)7-2-8(13)4-9(14)3-7/h2-4,10-11,15,17H,5-6H2,1H3/t10-,11-/m0/s1. The highest BCUT2D eigenvalue weighted by molar-refractivity contribution is 9.10. The first-order valence-corrected chi connectivity index (χ1v) is 6.40. The first-order chi connectivity index (χ1) is 8.49. The third kappa shape index (κ3) is 2.71. The predicted molar refractivity (Wildman–Crippen MR) is 68.9 cm³/mol. The number of likely N-dealkylation sites (N-methyl/N-ethyl adjacent to an activating group) is 1. The number of amides is 1. The van der Waals surface area contributed by atoms with Gasteiger partial charge in [0.05, 0.1) is 12.1 Å². The van der Waals surface area contributed by atoms with Crippen molar-refractivity contribution >= 4 is 21.8 Å². The van der Waals surface area contributed by atoms with Gasteiger partial charge in [0.2, 0.25) is 0 Å². The minimum Gasteiger partial charge on any atom is -0.390 e. The molecule has 98 valence electrons. The SMILES string of the molecule is CN(C(=O)c1cc(F)cc(Br)c1)[C@H]1CNC[C@@H]1O. The number of halogens is 2. The van der Waals surface area contributed by atoms with Gasteiger partial charge in [-0.25, -0.2) is 4.39 Å². The molecule has 1 aromatic rings. The van der Waals surface area contributed by atoms with E-state index in [1.54, 1.807) is 13.1 Å². The van der Waals surface area contributed by atoms with E-state index in [0.717, 1.165) is 0 Å². The zero-order valence-electron chi connectivity index (χ0n) is 9.86. The van der Waals surface area contributed by atoms with Crippen molar-refractivity contribution in [2.75, 3.05) is 20.1 Å². The molecule has 1 heterocycles. The molecule has 2 atom stereocenters. The van der Waals surface area contributed by atoms with E-state index in [4.69, 9.17) is 0 Å². The number of carbonyl (C=O) groups is 1. The molecule has 0 bridgehead atoms. The predicted octanol–water partition coefficient (Wildman–Crippen LogP) is 0.993. The van der Waals surface area contributed by atoms with Crippen LogP contribution in [0.1, 0.15) is 10.4 Å². The van der Waals surface area contributed by atoms with Gasteiger partial charge in [-0.1, -0.05) is 15.9 Å². The fourth-order valence-electron chi connectivity index (χ4n) is 2.08. The molecular formula is C12H14BrFN2O2. The Bertz CT molecular complexity index is 449. The third-order valence-corrected chi connectivity index (χ3v) is 3.54. The number of rotatable bonds is 2. The van der Waals surface area contributed by atoms with Gasteiger partial charge in [0.1, 0.15) is 5.82 Å². The van der Waals surface area contributed by atoms with Crippen LogP contribution in [0.15, 0.2) is 22.7 Å². The topological polar surface area (TPSA) is 52.6 Å². The Hall–Kier alpha value is -0.980. The maximum Gasteiger partial charge on any atom is 0.254 e. The van der Waals surface area contributed by atoms with Gasteiger partial charge in [0.15, 0.2) is 0 Å². The molecule has 2 rings (SSSR count). The summed E-state index contributed by atoms with van der Waals surface area (Å²) in [7, 11) is 1.61. The highest BCUT2D eigenvalue weighted by atomic mass is 79.9. The maximum atomic E-state index is 13.2. The first kappa shape index (κ1) is 13.5. The highest BCUT2D eigenvalue weighted by Gasteiger charge is 2.31. The fourth-order valence-corrected chi connectivity index (χ4v) is 2.54. The van der Waals surface area contributed by atoms with Crippen molar-refractivity contribution in [3.05, 3.63) is 34.1 Å². The number of hydrogen-bond acceptors (Lipinski definition) is 3. The zero-order chi connectivity index (χ0) is 13.3. The van der Waals surface area contributed by atoms with Gasteiger partial charge in [-0.3, -0.25) is 4.79 Å². The number of aliphatic hydroxyl groups is 1. The van der Waals surface area contributed by atoms with Crippen LogP contribution in [0.4, 0.5) is 4.39 Å². The van der Waals surface area contributed by atoms with Crippen molar-refractivity contribution in [1.82, 2.24) is 10.2 Å². The summed E-state index contributed by atoms with van der Waals surface area (Å²) < 4.78 is 13.8. The number of nitrogens with one attached hydrogen (secondary N) is 1. The van der Waals surface area contributed by atoms with Crippen LogP contribution in [0.5, 0.6) is 0 Å². The summed E-state index contributed by atoms with van der Waals surface area (Å²) in [6, 6.07) is 3.78. The molecule has 0 unspecified atom stereocenters. The lowest BCUT2D eigenvalue weighted by atomic mass is 10.1. The molecule has 0 spiro atoms. The van der Waals surface area contributed by atoms with E-state index >= 15 is 0 Å². The van der Waals surface area contributed by atoms with Crippen LogP contribution in [-0.2, 0) is 0 Å². The Morgan fingerprint density at radius 3 is 2.78 bits per heavy atom. The second kappa shape index (κ2) is 5.34. The molecule has 1 aliphatic rings. The van der Waals surface area contributed by atoms with Crippen molar-refractivity contribution in [1.29, 1.82) is 0 Å². The highest BCUT2D eigenvalue weighted by Crippen LogP contribution is 2.18. The Morgan fingerprint density at radius 2 is 2.22 bits per heavy atom. The molecule has 6 heteroatoms. The summed E-state index contributed by atoms with van der Waals surface area (Å²) in [6.07, 6.45) is -0.587. The number of nitrogens with zero attached hydrogens (tertiary/aromatic N) is 1. The van der Waals surface area contributed by atoms with Crippen molar-refractivity contribution in [2.45, 2.75) is 12.1 Å². The summed E-state index contributed by atoms with van der Waals surface area (Å²) >= 11 is 3.15. The van der Waals surface area contributed by atoms with Crippen molar-refractivity contribution < 1.29 is 14.3 Å². The van der Waals surface area contributed by atoms with Gasteiger partial charge in [0, 0.05) is 30.2 Å². The van der Waals surface area contributed by atoms with Crippen LogP contribution in [0.25, 0.3) is 0 Å². The molecule has 1 amide bonds. The van der Waals surface area contributed by atoms with Gasteiger partial charge >= 0.3 is 0 Å². The summed E-state index contributed by atoms with van der Waals surface area (Å²) in [6.45, 7) is 1.01. The Kier molecular flexibility index (Phi) is 3.99. The molecule has 2 N–H and O–H groups in total. The van der Waals surface area contributed by atoms with Gasteiger partial charge < -0.3 is 15.3 Å². The maximum absolute atomic E-state index is 13.2. The third-order valence-electron chi connectivity index (χ3n) is 3.08. The van der Waals surface area contributed by atoms with Crippen LogP contribution in [0.3, 0.4) is 0 Å². The smallest absolute Gasteiger partial charge is 0.254 e. The molecule has 1 saturated heterocycles. The summed E-state index contributed by atoms with van der Waals surface area (Å²) in [5.41, 5.74) is 0.267. The largest absolute Gasteiger partial charge is 0.390 e. The zero-order valence-corrected chi connectivity index (χ0v) is 11.4. The van der Waals surface area contributed by atoms with Gasteiger partial charge in [-0.2, -0.15) is 0 Å². The molecule has 0 aliphatic carbocycles. The monoisotopic (exact) mass is 316 g/mol. The normalized spacial score (nSPS) is 23.1. The molecule has 0 saturated carbocycles. The summed E-state index contributed by atoms with van der Waals surface area (Å²) in [5, 5.41) is 12.7. The van der Waals surface area contributed by atoms with E-state index in [-0.39, 0.29) is 17.5 Å². The lowest BCUT2D eigenvalue weighted by molar-refractivity contribution is 0.0580. The molecule has 1 aromatic carbocycles. The fraction of sp³-hybridized carbons (Fsp3) is 0.417. The average molecular weight is 317 g/mol. The minimum absolute atomic E-state index is 0.267. The number of benzene rings is 1. The van der Waals surface area contributed by atoms with Crippen LogP contribution >= 0.6 is 15.9 Å². The van der Waals surface area contributed by atoms with E-state index in [2.05, 4.69) is 21.2 Å². The second-order valence-electron chi connectivity index (χ2n) is 4.37. The van der Waals surface area contributed by atoms with Crippen molar-refractivity contribution in [2.24, 2.45) is 0 Å². The van der Waals surface area contributed by atoms with E-state index in [9.17, 15) is 14.3 Å². The van der Waals surface area contributed by atoms with Gasteiger partial charge in [-0.05, 0) is 18.2 Å². The first-order valence-electron chi connectivity index (χ1n) is 5.61. The number of carbonyl (C=O) groups excluding carboxylic acids is 1. The minimum atomic E-state index is -0.587. The van der Waals surface area contributed by atoms with Crippen molar-refractivity contribution in [3.8, 4) is 0 Å². The quantitative estimate of drug-likeness (QED) is 0.855. The van der Waals surface area contributed by atoms with Crippen molar-refractivity contribution in [3.63, 3.8) is 0 Å². The lowest BCUT2D eigenvalue weighted by Crippen LogP contribution is -2.44. The Labute approximate surface area is 113 Å². The lowest BCUT2D eigenvalue weighted by Gasteiger charge is -2.26. The number of β-amino-alcohol motifs (C(OH)–C–C–N with tert-alkyl or cyclic N) is 1. The molecule has 0 aromatic heterocycles. The molecule has 0 radical (unpaired) electrons. The van der Waals surface area contributed by atoms with E-state index in [0.29, 0.717) is 17.6 Å². The van der Waals surface area contributed by atoms with Crippen LogP contribution in [-0.4, -0.2) is 48.2 Å². The Balaban J connectivity index is 2.19. The van der Waals surface area contributed by atoms with Crippen LogP contribution < -0.4 is 5.32 Å². The summed E-state index contributed by atoms with van der Waals surface area (Å²) in [4.78, 5) is 13.6.